The molecule has 0 atom stereocenters. The maximum atomic E-state index is 10.0. The first kappa shape index (κ1) is 18.1. The Balaban J connectivity index is 0. The van der Waals surface area contributed by atoms with Gasteiger partial charge in [-0.25, -0.2) is 4.79 Å². The Morgan fingerprint density at radius 1 is 1.12 bits per heavy atom. The molecule has 0 aliphatic carbocycles. The van der Waals surface area contributed by atoms with E-state index in [2.05, 4.69) is 4.74 Å². The number of ether oxygens (including phenoxy) is 1. The molecule has 102 valence electrons. The normalized spacial score (nSPS) is 11.2. The summed E-state index contributed by atoms with van der Waals surface area (Å²) in [6.45, 7) is 11.4. The highest BCUT2D eigenvalue weighted by molar-refractivity contribution is 5.66. The molecular weight excluding hydrogens is 222 g/mol. The van der Waals surface area contributed by atoms with Gasteiger partial charge in [0, 0.05) is 6.42 Å². The number of nitrogens with two attached hydrogens (primary N) is 1. The third-order valence-corrected chi connectivity index (χ3v) is 1.50. The molecule has 0 radical (unpaired) electrons. The number of hydrogen-bond donors (Lipinski definition) is 2. The Labute approximate surface area is 103 Å². The van der Waals surface area contributed by atoms with Crippen molar-refractivity contribution in [2.75, 3.05) is 0 Å². The van der Waals surface area contributed by atoms with Crippen LogP contribution in [-0.2, 0) is 9.53 Å². The lowest BCUT2D eigenvalue weighted by Crippen LogP contribution is -2.27. The van der Waals surface area contributed by atoms with Crippen molar-refractivity contribution >= 4 is 12.1 Å². The largest absolute Gasteiger partial charge is 0.481 e. The van der Waals surface area contributed by atoms with Gasteiger partial charge in [-0.05, 0) is 32.6 Å². The van der Waals surface area contributed by atoms with Gasteiger partial charge in [0.15, 0.2) is 0 Å². The Kier molecular flexibility index (Phi) is 7.61. The van der Waals surface area contributed by atoms with Gasteiger partial charge < -0.3 is 15.6 Å². The Morgan fingerprint density at radius 3 is 1.59 bits per heavy atom. The van der Waals surface area contributed by atoms with Crippen molar-refractivity contribution in [3.8, 4) is 0 Å². The van der Waals surface area contributed by atoms with Crippen molar-refractivity contribution in [2.24, 2.45) is 11.1 Å². The molecule has 0 aromatic rings. The van der Waals surface area contributed by atoms with Crippen LogP contribution >= 0.6 is 0 Å². The number of hydrogen-bond acceptors (Lipinski definition) is 3. The van der Waals surface area contributed by atoms with Gasteiger partial charge in [0.25, 0.3) is 0 Å². The van der Waals surface area contributed by atoms with E-state index in [1.54, 1.807) is 20.8 Å². The molecule has 0 aliphatic rings. The summed E-state index contributed by atoms with van der Waals surface area (Å²) >= 11 is 0. The molecule has 3 N–H and O–H groups in total. The van der Waals surface area contributed by atoms with Crippen LogP contribution in [0.5, 0.6) is 0 Å². The molecule has 0 saturated heterocycles. The second kappa shape index (κ2) is 7.14. The number of rotatable bonds is 2. The molecule has 0 saturated carbocycles. The number of carboxylic acids is 1. The van der Waals surface area contributed by atoms with Crippen molar-refractivity contribution in [1.82, 2.24) is 0 Å². The highest BCUT2D eigenvalue weighted by Crippen LogP contribution is 2.19. The first-order valence-corrected chi connectivity index (χ1v) is 5.54. The summed E-state index contributed by atoms with van der Waals surface area (Å²) in [5, 5.41) is 8.28. The van der Waals surface area contributed by atoms with Crippen LogP contribution < -0.4 is 5.73 Å². The first-order valence-electron chi connectivity index (χ1n) is 5.54. The molecule has 1 amide bonds. The van der Waals surface area contributed by atoms with Crippen LogP contribution in [0, 0.1) is 5.41 Å². The van der Waals surface area contributed by atoms with E-state index >= 15 is 0 Å². The van der Waals surface area contributed by atoms with Crippen LogP contribution in [-0.4, -0.2) is 22.8 Å². The van der Waals surface area contributed by atoms with Gasteiger partial charge in [0.05, 0.1) is 0 Å². The predicted octanol–water partition coefficient (Wildman–Crippen LogP) is 2.78. The van der Waals surface area contributed by atoms with Crippen LogP contribution in [0.3, 0.4) is 0 Å². The molecule has 5 heteroatoms. The minimum atomic E-state index is -0.725. The van der Waals surface area contributed by atoms with Gasteiger partial charge in [0.1, 0.15) is 5.60 Å². The van der Waals surface area contributed by atoms with Crippen LogP contribution in [0.1, 0.15) is 54.4 Å². The SMILES string of the molecule is CC(C)(C)CCC(=O)O.CC(C)(C)OC(N)=O. The van der Waals surface area contributed by atoms with E-state index in [1.165, 1.54) is 0 Å². The van der Waals surface area contributed by atoms with Gasteiger partial charge in [-0.15, -0.1) is 0 Å². The zero-order valence-corrected chi connectivity index (χ0v) is 11.7. The molecule has 0 spiro atoms. The maximum Gasteiger partial charge on any atom is 0.405 e. The van der Waals surface area contributed by atoms with Crippen molar-refractivity contribution in [2.45, 2.75) is 60.0 Å². The van der Waals surface area contributed by atoms with E-state index in [0.29, 0.717) is 0 Å². The summed E-state index contributed by atoms with van der Waals surface area (Å²) in [5.41, 5.74) is 4.42. The van der Waals surface area contributed by atoms with E-state index in [4.69, 9.17) is 10.8 Å². The van der Waals surface area contributed by atoms with Crippen molar-refractivity contribution < 1.29 is 19.4 Å². The molecule has 0 heterocycles. The van der Waals surface area contributed by atoms with Crippen molar-refractivity contribution in [3.05, 3.63) is 0 Å². The van der Waals surface area contributed by atoms with Gasteiger partial charge in [0.2, 0.25) is 0 Å². The Morgan fingerprint density at radius 2 is 1.53 bits per heavy atom. The summed E-state index contributed by atoms with van der Waals surface area (Å²) in [5.74, 6) is -0.704. The van der Waals surface area contributed by atoms with Crippen molar-refractivity contribution in [1.29, 1.82) is 0 Å². The summed E-state index contributed by atoms with van der Waals surface area (Å²) in [6, 6.07) is 0. The average molecular weight is 247 g/mol. The standard InChI is InChI=1S/C7H14O2.C5H11NO2/c1-7(2,3)5-4-6(8)9;1-5(2,3)8-4(6)7/h4-5H2,1-3H3,(H,8,9);1-3H3,(H2,6,7). The number of carboxylic acid groups (broad SMARTS) is 1. The molecule has 0 rings (SSSR count). The molecule has 0 fully saturated rings. The molecule has 5 nitrogen and oxygen atoms in total. The summed E-state index contributed by atoms with van der Waals surface area (Å²) < 4.78 is 4.58. The quantitative estimate of drug-likeness (QED) is 0.785. The van der Waals surface area contributed by atoms with Crippen LogP contribution in [0.25, 0.3) is 0 Å². The van der Waals surface area contributed by atoms with Gasteiger partial charge in [-0.3, -0.25) is 4.79 Å². The van der Waals surface area contributed by atoms with Gasteiger partial charge >= 0.3 is 12.1 Å². The molecular formula is C12H25NO4. The van der Waals surface area contributed by atoms with E-state index in [0.717, 1.165) is 6.42 Å². The third-order valence-electron chi connectivity index (χ3n) is 1.50. The molecule has 0 unspecified atom stereocenters. The molecule has 17 heavy (non-hydrogen) atoms. The zero-order chi connectivity index (χ0) is 14.3. The number of carbonyl (C=O) groups excluding carboxylic acids is 1. The number of aliphatic carboxylic acids is 1. The molecule has 0 aromatic heterocycles. The number of primary amides is 1. The Bertz CT molecular complexity index is 248. The predicted molar refractivity (Wildman–Crippen MR) is 66.7 cm³/mol. The van der Waals surface area contributed by atoms with E-state index in [1.807, 2.05) is 20.8 Å². The highest BCUT2D eigenvalue weighted by atomic mass is 16.6. The molecule has 0 aliphatic heterocycles. The lowest BCUT2D eigenvalue weighted by Gasteiger charge is -2.16. The second-order valence-electron chi connectivity index (χ2n) is 5.99. The fraction of sp³-hybridized carbons (Fsp3) is 0.833. The monoisotopic (exact) mass is 247 g/mol. The average Bonchev–Trinajstić information content (AvgIpc) is 1.95. The summed E-state index contributed by atoms with van der Waals surface area (Å²) in [4.78, 5) is 20.1. The minimum absolute atomic E-state index is 0.151. The fourth-order valence-corrected chi connectivity index (χ4v) is 0.784. The smallest absolute Gasteiger partial charge is 0.405 e. The fourth-order valence-electron chi connectivity index (χ4n) is 0.784. The second-order valence-corrected chi connectivity index (χ2v) is 5.99. The lowest BCUT2D eigenvalue weighted by atomic mass is 9.91. The number of carbonyl (C=O) groups is 2. The van der Waals surface area contributed by atoms with Crippen LogP contribution in [0.4, 0.5) is 4.79 Å². The summed E-state index contributed by atoms with van der Waals surface area (Å²) in [6.07, 6.45) is 0.309. The van der Waals surface area contributed by atoms with Crippen LogP contribution in [0.15, 0.2) is 0 Å². The van der Waals surface area contributed by atoms with Gasteiger partial charge in [-0.2, -0.15) is 0 Å². The van der Waals surface area contributed by atoms with E-state index in [9.17, 15) is 9.59 Å². The maximum absolute atomic E-state index is 10.0. The topological polar surface area (TPSA) is 89.6 Å². The van der Waals surface area contributed by atoms with E-state index in [-0.39, 0.29) is 11.8 Å². The van der Waals surface area contributed by atoms with Crippen LogP contribution in [0.2, 0.25) is 0 Å². The summed E-state index contributed by atoms with van der Waals surface area (Å²) in [7, 11) is 0. The van der Waals surface area contributed by atoms with Gasteiger partial charge in [-0.1, -0.05) is 20.8 Å². The first-order chi connectivity index (χ1) is 7.33. The molecule has 0 bridgehead atoms. The third kappa shape index (κ3) is 25.2. The number of amides is 1. The highest BCUT2D eigenvalue weighted by Gasteiger charge is 2.12. The van der Waals surface area contributed by atoms with Crippen molar-refractivity contribution in [3.63, 3.8) is 0 Å². The minimum Gasteiger partial charge on any atom is -0.481 e. The lowest BCUT2D eigenvalue weighted by molar-refractivity contribution is -0.137. The zero-order valence-electron chi connectivity index (χ0n) is 11.7. The molecule has 0 aromatic carbocycles. The Hall–Kier alpha value is -1.26. The van der Waals surface area contributed by atoms with E-state index < -0.39 is 17.7 Å².